The molecule has 1 fully saturated rings. The molecule has 3 N–H and O–H groups in total. The number of nitrogens with two attached hydrogens (primary N) is 1. The Morgan fingerprint density at radius 1 is 1.52 bits per heavy atom. The minimum Gasteiger partial charge on any atom is -0.355 e. The Morgan fingerprint density at radius 3 is 3.05 bits per heavy atom. The zero-order valence-electron chi connectivity index (χ0n) is 11.9. The van der Waals surface area contributed by atoms with Gasteiger partial charge in [0.2, 0.25) is 5.91 Å². The Kier molecular flexibility index (Phi) is 7.56. The number of rotatable bonds is 5. The summed E-state index contributed by atoms with van der Waals surface area (Å²) in [5, 5.41) is 2.83. The van der Waals surface area contributed by atoms with Gasteiger partial charge < -0.3 is 11.1 Å². The molecule has 1 aliphatic rings. The Hall–Kier alpha value is -1.24. The first-order valence-electron chi connectivity index (χ1n) is 6.98. The fourth-order valence-corrected chi connectivity index (χ4v) is 2.55. The van der Waals surface area contributed by atoms with E-state index in [1.165, 1.54) is 12.3 Å². The number of piperidine rings is 1. The van der Waals surface area contributed by atoms with Crippen LogP contribution in [-0.2, 0) is 11.3 Å². The van der Waals surface area contributed by atoms with Gasteiger partial charge in [-0.05, 0) is 31.0 Å². The zero-order chi connectivity index (χ0) is 14.4. The van der Waals surface area contributed by atoms with Gasteiger partial charge in [0.1, 0.15) is 5.82 Å². The van der Waals surface area contributed by atoms with E-state index in [2.05, 4.69) is 15.2 Å². The predicted molar refractivity (Wildman–Crippen MR) is 81.5 cm³/mol. The fraction of sp³-hybridized carbons (Fsp3) is 0.571. The predicted octanol–water partition coefficient (Wildman–Crippen LogP) is 0.929. The molecule has 1 aromatic rings. The lowest BCUT2D eigenvalue weighted by molar-refractivity contribution is -0.126. The van der Waals surface area contributed by atoms with Gasteiger partial charge in [0, 0.05) is 32.4 Å². The molecule has 0 spiro atoms. The Balaban J connectivity index is 0.00000220. The molecule has 1 amide bonds. The molecule has 1 saturated heterocycles. The number of nitrogens with one attached hydrogen (secondary N) is 1. The maximum Gasteiger partial charge on any atom is 0.224 e. The number of amides is 1. The van der Waals surface area contributed by atoms with Crippen LogP contribution in [0.15, 0.2) is 18.5 Å². The van der Waals surface area contributed by atoms with Gasteiger partial charge >= 0.3 is 0 Å². The number of hydrogen-bond donors (Lipinski definition) is 2. The van der Waals surface area contributed by atoms with Crippen molar-refractivity contribution >= 4 is 18.3 Å². The number of nitrogens with zero attached hydrogens (tertiary/aromatic N) is 2. The molecule has 0 saturated carbocycles. The first-order valence-corrected chi connectivity index (χ1v) is 6.98. The van der Waals surface area contributed by atoms with Gasteiger partial charge in [-0.1, -0.05) is 0 Å². The number of halogens is 2. The molecule has 0 aromatic carbocycles. The van der Waals surface area contributed by atoms with Gasteiger partial charge in [0.15, 0.2) is 0 Å². The van der Waals surface area contributed by atoms with Crippen LogP contribution in [0, 0.1) is 11.7 Å². The second-order valence-electron chi connectivity index (χ2n) is 5.17. The highest BCUT2D eigenvalue weighted by atomic mass is 35.5. The van der Waals surface area contributed by atoms with E-state index in [1.54, 1.807) is 6.20 Å². The molecular formula is C14H22ClFN4O. The van der Waals surface area contributed by atoms with E-state index in [-0.39, 0.29) is 30.0 Å². The third kappa shape index (κ3) is 5.57. The third-order valence-electron chi connectivity index (χ3n) is 3.49. The summed E-state index contributed by atoms with van der Waals surface area (Å²) in [4.78, 5) is 18.0. The number of aromatic nitrogens is 1. The summed E-state index contributed by atoms with van der Waals surface area (Å²) in [6, 6.07) is 1.49. The van der Waals surface area contributed by atoms with Crippen LogP contribution in [0.2, 0.25) is 0 Å². The molecule has 7 heteroatoms. The highest BCUT2D eigenvalue weighted by Crippen LogP contribution is 2.18. The third-order valence-corrected chi connectivity index (χ3v) is 3.49. The fourth-order valence-electron chi connectivity index (χ4n) is 2.55. The van der Waals surface area contributed by atoms with E-state index in [4.69, 9.17) is 5.73 Å². The smallest absolute Gasteiger partial charge is 0.224 e. The van der Waals surface area contributed by atoms with Crippen LogP contribution < -0.4 is 11.1 Å². The summed E-state index contributed by atoms with van der Waals surface area (Å²) in [6.07, 6.45) is 4.74. The van der Waals surface area contributed by atoms with Gasteiger partial charge in [-0.15, -0.1) is 12.4 Å². The second-order valence-corrected chi connectivity index (χ2v) is 5.17. The molecule has 0 radical (unpaired) electrons. The van der Waals surface area contributed by atoms with Crippen molar-refractivity contribution in [2.45, 2.75) is 19.4 Å². The van der Waals surface area contributed by atoms with Crippen LogP contribution in [0.4, 0.5) is 4.39 Å². The van der Waals surface area contributed by atoms with Crippen molar-refractivity contribution in [1.82, 2.24) is 15.2 Å². The molecule has 1 unspecified atom stereocenters. The molecular weight excluding hydrogens is 295 g/mol. The lowest BCUT2D eigenvalue weighted by atomic mass is 9.97. The largest absolute Gasteiger partial charge is 0.355 e. The van der Waals surface area contributed by atoms with Gasteiger partial charge in [-0.2, -0.15) is 0 Å². The van der Waals surface area contributed by atoms with Gasteiger partial charge in [-0.25, -0.2) is 4.39 Å². The molecule has 21 heavy (non-hydrogen) atoms. The maximum absolute atomic E-state index is 13.1. The zero-order valence-corrected chi connectivity index (χ0v) is 12.7. The molecule has 0 bridgehead atoms. The van der Waals surface area contributed by atoms with Crippen molar-refractivity contribution in [2.75, 3.05) is 26.2 Å². The minimum atomic E-state index is -0.322. The first kappa shape index (κ1) is 17.8. The highest BCUT2D eigenvalue weighted by molar-refractivity contribution is 5.85. The van der Waals surface area contributed by atoms with Gasteiger partial charge in [0.05, 0.1) is 12.1 Å². The van der Waals surface area contributed by atoms with Crippen LogP contribution in [0.5, 0.6) is 0 Å². The van der Waals surface area contributed by atoms with E-state index in [0.29, 0.717) is 26.2 Å². The first-order chi connectivity index (χ1) is 9.69. The average molecular weight is 317 g/mol. The average Bonchev–Trinajstić information content (AvgIpc) is 2.45. The Labute approximate surface area is 130 Å². The minimum absolute atomic E-state index is 0. The van der Waals surface area contributed by atoms with E-state index < -0.39 is 0 Å². The number of hydrogen-bond acceptors (Lipinski definition) is 4. The standard InChI is InChI=1S/C14H21FN4O.ClH/c15-13-6-11(7-17-8-13)9-19-5-1-2-12(10-19)14(20)18-4-3-16;/h6-8,12H,1-5,9-10,16H2,(H,18,20);1H. The van der Waals surface area contributed by atoms with Crippen LogP contribution in [0.25, 0.3) is 0 Å². The topological polar surface area (TPSA) is 71.2 Å². The second kappa shape index (κ2) is 8.92. The summed E-state index contributed by atoms with van der Waals surface area (Å²) >= 11 is 0. The van der Waals surface area contributed by atoms with E-state index >= 15 is 0 Å². The van der Waals surface area contributed by atoms with E-state index in [9.17, 15) is 9.18 Å². The van der Waals surface area contributed by atoms with E-state index in [0.717, 1.165) is 24.9 Å². The maximum atomic E-state index is 13.1. The Morgan fingerprint density at radius 2 is 2.33 bits per heavy atom. The van der Waals surface area contributed by atoms with Crippen molar-refractivity contribution in [3.8, 4) is 0 Å². The molecule has 2 heterocycles. The molecule has 5 nitrogen and oxygen atoms in total. The number of likely N-dealkylation sites (tertiary alicyclic amines) is 1. The lowest BCUT2D eigenvalue weighted by Crippen LogP contribution is -2.43. The quantitative estimate of drug-likeness (QED) is 0.848. The molecule has 1 aliphatic heterocycles. The number of carbonyl (C=O) groups is 1. The van der Waals surface area contributed by atoms with Crippen molar-refractivity contribution in [3.63, 3.8) is 0 Å². The highest BCUT2D eigenvalue weighted by Gasteiger charge is 2.25. The van der Waals surface area contributed by atoms with Crippen LogP contribution in [0.1, 0.15) is 18.4 Å². The summed E-state index contributed by atoms with van der Waals surface area (Å²) in [7, 11) is 0. The van der Waals surface area contributed by atoms with Crippen molar-refractivity contribution in [3.05, 3.63) is 29.8 Å². The van der Waals surface area contributed by atoms with Crippen molar-refractivity contribution in [1.29, 1.82) is 0 Å². The molecule has 0 aliphatic carbocycles. The molecule has 118 valence electrons. The molecule has 2 rings (SSSR count). The van der Waals surface area contributed by atoms with E-state index in [1.807, 2.05) is 0 Å². The van der Waals surface area contributed by atoms with Crippen LogP contribution in [-0.4, -0.2) is 42.0 Å². The van der Waals surface area contributed by atoms with Crippen LogP contribution in [0.3, 0.4) is 0 Å². The summed E-state index contributed by atoms with van der Waals surface area (Å²) in [5.74, 6) is -0.258. The number of pyridine rings is 1. The molecule has 1 aromatic heterocycles. The number of carbonyl (C=O) groups excluding carboxylic acids is 1. The summed E-state index contributed by atoms with van der Waals surface area (Å²) in [5.41, 5.74) is 6.22. The molecule has 1 atom stereocenters. The summed E-state index contributed by atoms with van der Waals surface area (Å²) < 4.78 is 13.1. The van der Waals surface area contributed by atoms with Crippen LogP contribution >= 0.6 is 12.4 Å². The monoisotopic (exact) mass is 316 g/mol. The SMILES string of the molecule is Cl.NCCNC(=O)C1CCCN(Cc2cncc(F)c2)C1. The van der Waals surface area contributed by atoms with Gasteiger partial charge in [0.25, 0.3) is 0 Å². The van der Waals surface area contributed by atoms with Gasteiger partial charge in [-0.3, -0.25) is 14.7 Å². The Bertz CT molecular complexity index is 460. The normalized spacial score (nSPS) is 18.9. The summed E-state index contributed by atoms with van der Waals surface area (Å²) in [6.45, 7) is 3.23. The van der Waals surface area contributed by atoms with Crippen molar-refractivity contribution in [2.24, 2.45) is 11.7 Å². The van der Waals surface area contributed by atoms with Crippen molar-refractivity contribution < 1.29 is 9.18 Å². The lowest BCUT2D eigenvalue weighted by Gasteiger charge is -2.31.